The standard InChI is InChI=1S/C10H16N2/c1-3-9-10-8(4-6-11-9)5-7-12(10)2/h5,7,9,11H,3-4,6H2,1-2H3. The van der Waals surface area contributed by atoms with Gasteiger partial charge in [-0.15, -0.1) is 0 Å². The summed E-state index contributed by atoms with van der Waals surface area (Å²) in [4.78, 5) is 0. The minimum absolute atomic E-state index is 0.578. The molecule has 1 aliphatic rings. The van der Waals surface area contributed by atoms with Gasteiger partial charge in [0.15, 0.2) is 0 Å². The summed E-state index contributed by atoms with van der Waals surface area (Å²) in [5.74, 6) is 0. The van der Waals surface area contributed by atoms with Gasteiger partial charge in [0.25, 0.3) is 0 Å². The Morgan fingerprint density at radius 2 is 2.50 bits per heavy atom. The van der Waals surface area contributed by atoms with Crippen LogP contribution in [0.3, 0.4) is 0 Å². The highest BCUT2D eigenvalue weighted by molar-refractivity contribution is 5.27. The Hall–Kier alpha value is -0.760. The molecule has 12 heavy (non-hydrogen) atoms. The van der Waals surface area contributed by atoms with Crippen molar-refractivity contribution in [1.82, 2.24) is 9.88 Å². The Balaban J connectivity index is 2.41. The maximum Gasteiger partial charge on any atom is 0.0475 e. The first-order chi connectivity index (χ1) is 5.83. The molecule has 0 radical (unpaired) electrons. The predicted molar refractivity (Wildman–Crippen MR) is 50.2 cm³/mol. The van der Waals surface area contributed by atoms with Gasteiger partial charge in [0.2, 0.25) is 0 Å². The van der Waals surface area contributed by atoms with Gasteiger partial charge in [-0.25, -0.2) is 0 Å². The zero-order chi connectivity index (χ0) is 8.55. The van der Waals surface area contributed by atoms with Crippen LogP contribution in [0.4, 0.5) is 0 Å². The van der Waals surface area contributed by atoms with E-state index in [2.05, 4.69) is 36.1 Å². The lowest BCUT2D eigenvalue weighted by atomic mass is 10.0. The minimum atomic E-state index is 0.578. The first-order valence-corrected chi connectivity index (χ1v) is 4.70. The van der Waals surface area contributed by atoms with Gasteiger partial charge in [0.05, 0.1) is 0 Å². The van der Waals surface area contributed by atoms with Crippen molar-refractivity contribution < 1.29 is 0 Å². The maximum absolute atomic E-state index is 3.53. The quantitative estimate of drug-likeness (QED) is 0.667. The number of nitrogens with zero attached hydrogens (tertiary/aromatic N) is 1. The highest BCUT2D eigenvalue weighted by Gasteiger charge is 2.20. The molecule has 0 amide bonds. The molecule has 2 nitrogen and oxygen atoms in total. The highest BCUT2D eigenvalue weighted by Crippen LogP contribution is 2.25. The van der Waals surface area contributed by atoms with Gasteiger partial charge in [-0.3, -0.25) is 0 Å². The van der Waals surface area contributed by atoms with Crippen LogP contribution in [-0.4, -0.2) is 11.1 Å². The van der Waals surface area contributed by atoms with Gasteiger partial charge in [0, 0.05) is 25.0 Å². The number of hydrogen-bond donors (Lipinski definition) is 1. The first-order valence-electron chi connectivity index (χ1n) is 4.70. The van der Waals surface area contributed by atoms with E-state index in [0.29, 0.717) is 6.04 Å². The molecule has 1 unspecified atom stereocenters. The monoisotopic (exact) mass is 164 g/mol. The van der Waals surface area contributed by atoms with Crippen LogP contribution in [0.5, 0.6) is 0 Å². The van der Waals surface area contributed by atoms with E-state index in [4.69, 9.17) is 0 Å². The molecule has 1 aromatic heterocycles. The van der Waals surface area contributed by atoms with Gasteiger partial charge < -0.3 is 9.88 Å². The molecule has 0 aromatic carbocycles. The van der Waals surface area contributed by atoms with E-state index >= 15 is 0 Å². The van der Waals surface area contributed by atoms with Crippen molar-refractivity contribution in [2.45, 2.75) is 25.8 Å². The van der Waals surface area contributed by atoms with E-state index in [1.807, 2.05) is 0 Å². The molecule has 66 valence electrons. The van der Waals surface area contributed by atoms with Crippen molar-refractivity contribution in [1.29, 1.82) is 0 Å². The van der Waals surface area contributed by atoms with Crippen LogP contribution >= 0.6 is 0 Å². The number of aromatic nitrogens is 1. The summed E-state index contributed by atoms with van der Waals surface area (Å²) in [5, 5.41) is 3.53. The average Bonchev–Trinajstić information content (AvgIpc) is 2.48. The normalized spacial score (nSPS) is 22.3. The van der Waals surface area contributed by atoms with Crippen LogP contribution in [0, 0.1) is 0 Å². The second-order valence-electron chi connectivity index (χ2n) is 3.50. The van der Waals surface area contributed by atoms with Crippen molar-refractivity contribution in [3.8, 4) is 0 Å². The smallest absolute Gasteiger partial charge is 0.0475 e. The second kappa shape index (κ2) is 2.94. The van der Waals surface area contributed by atoms with Crippen LogP contribution in [0.2, 0.25) is 0 Å². The number of rotatable bonds is 1. The fraction of sp³-hybridized carbons (Fsp3) is 0.600. The van der Waals surface area contributed by atoms with Gasteiger partial charge in [0.1, 0.15) is 0 Å². The van der Waals surface area contributed by atoms with Crippen LogP contribution < -0.4 is 5.32 Å². The molecule has 0 bridgehead atoms. The van der Waals surface area contributed by atoms with Crippen molar-refractivity contribution >= 4 is 0 Å². The topological polar surface area (TPSA) is 17.0 Å². The fourth-order valence-corrected chi connectivity index (χ4v) is 2.09. The molecule has 1 atom stereocenters. The lowest BCUT2D eigenvalue weighted by Crippen LogP contribution is -2.30. The molecule has 0 spiro atoms. The van der Waals surface area contributed by atoms with Crippen molar-refractivity contribution in [2.24, 2.45) is 7.05 Å². The van der Waals surface area contributed by atoms with Crippen molar-refractivity contribution in [3.63, 3.8) is 0 Å². The molecule has 1 N–H and O–H groups in total. The van der Waals surface area contributed by atoms with Crippen LogP contribution in [0.15, 0.2) is 12.3 Å². The molecule has 1 aliphatic heterocycles. The Morgan fingerprint density at radius 1 is 1.67 bits per heavy atom. The zero-order valence-corrected chi connectivity index (χ0v) is 7.80. The summed E-state index contributed by atoms with van der Waals surface area (Å²) in [5.41, 5.74) is 3.02. The molecule has 0 fully saturated rings. The summed E-state index contributed by atoms with van der Waals surface area (Å²) in [6.07, 6.45) is 4.54. The Bertz CT molecular complexity index is 275. The van der Waals surface area contributed by atoms with E-state index in [1.54, 1.807) is 0 Å². The van der Waals surface area contributed by atoms with Gasteiger partial charge in [-0.2, -0.15) is 0 Å². The molecular weight excluding hydrogens is 148 g/mol. The molecule has 2 rings (SSSR count). The Morgan fingerprint density at radius 3 is 3.25 bits per heavy atom. The lowest BCUT2D eigenvalue weighted by Gasteiger charge is -2.24. The summed E-state index contributed by atoms with van der Waals surface area (Å²) < 4.78 is 2.25. The van der Waals surface area contributed by atoms with Crippen molar-refractivity contribution in [2.75, 3.05) is 6.54 Å². The Kier molecular flexibility index (Phi) is 1.93. The second-order valence-corrected chi connectivity index (χ2v) is 3.50. The molecular formula is C10H16N2. The van der Waals surface area contributed by atoms with E-state index in [-0.39, 0.29) is 0 Å². The lowest BCUT2D eigenvalue weighted by molar-refractivity contribution is 0.468. The fourth-order valence-electron chi connectivity index (χ4n) is 2.09. The summed E-state index contributed by atoms with van der Waals surface area (Å²) >= 11 is 0. The third-order valence-corrected chi connectivity index (χ3v) is 2.73. The van der Waals surface area contributed by atoms with Gasteiger partial charge >= 0.3 is 0 Å². The largest absolute Gasteiger partial charge is 0.353 e. The number of nitrogens with one attached hydrogen (secondary N) is 1. The minimum Gasteiger partial charge on any atom is -0.353 e. The molecule has 0 saturated heterocycles. The average molecular weight is 164 g/mol. The third-order valence-electron chi connectivity index (χ3n) is 2.73. The summed E-state index contributed by atoms with van der Waals surface area (Å²) in [6, 6.07) is 2.83. The molecule has 1 aromatic rings. The molecule has 2 heteroatoms. The van der Waals surface area contributed by atoms with Crippen LogP contribution in [-0.2, 0) is 13.5 Å². The van der Waals surface area contributed by atoms with Crippen LogP contribution in [0.1, 0.15) is 30.6 Å². The first kappa shape index (κ1) is 7.87. The predicted octanol–water partition coefficient (Wildman–Crippen LogP) is 1.62. The highest BCUT2D eigenvalue weighted by atomic mass is 15.0. The maximum atomic E-state index is 3.53. The zero-order valence-electron chi connectivity index (χ0n) is 7.80. The van der Waals surface area contributed by atoms with Gasteiger partial charge in [-0.05, 0) is 31.0 Å². The third kappa shape index (κ3) is 1.07. The van der Waals surface area contributed by atoms with E-state index in [9.17, 15) is 0 Å². The number of hydrogen-bond acceptors (Lipinski definition) is 1. The molecule has 0 saturated carbocycles. The van der Waals surface area contributed by atoms with Gasteiger partial charge in [-0.1, -0.05) is 6.92 Å². The number of aryl methyl sites for hydroxylation is 1. The van der Waals surface area contributed by atoms with Crippen LogP contribution in [0.25, 0.3) is 0 Å². The molecule has 2 heterocycles. The van der Waals surface area contributed by atoms with Crippen molar-refractivity contribution in [3.05, 3.63) is 23.5 Å². The summed E-state index contributed by atoms with van der Waals surface area (Å²) in [6.45, 7) is 3.37. The number of fused-ring (bicyclic) bond motifs is 1. The summed E-state index contributed by atoms with van der Waals surface area (Å²) in [7, 11) is 2.13. The van der Waals surface area contributed by atoms with E-state index in [0.717, 1.165) is 6.54 Å². The van der Waals surface area contributed by atoms with E-state index in [1.165, 1.54) is 24.1 Å². The Labute approximate surface area is 73.6 Å². The SMILES string of the molecule is CCC1NCCc2ccn(C)c21. The van der Waals surface area contributed by atoms with E-state index < -0.39 is 0 Å². The molecule has 0 aliphatic carbocycles.